The average Bonchev–Trinajstić information content (AvgIpc) is 2.57. The van der Waals surface area contributed by atoms with Gasteiger partial charge in [0.1, 0.15) is 0 Å². The van der Waals surface area contributed by atoms with Crippen LogP contribution in [0, 0.1) is 5.92 Å². The molecular weight excluding hydrogens is 304 g/mol. The highest BCUT2D eigenvalue weighted by molar-refractivity contribution is 5.74. The summed E-state index contributed by atoms with van der Waals surface area (Å²) in [7, 11) is 0. The summed E-state index contributed by atoms with van der Waals surface area (Å²) in [5, 5.41) is 12.2. The molecule has 2 rings (SSSR count). The van der Waals surface area contributed by atoms with Crippen LogP contribution in [0.5, 0.6) is 0 Å². The van der Waals surface area contributed by atoms with Crippen LogP contribution in [0.15, 0.2) is 24.3 Å². The first-order valence-corrected chi connectivity index (χ1v) is 8.73. The molecule has 1 saturated heterocycles. The number of carbonyl (C=O) groups excluding carboxylic acids is 1. The minimum Gasteiger partial charge on any atom is -0.396 e. The second-order valence-corrected chi connectivity index (χ2v) is 7.52. The number of amides is 2. The van der Waals surface area contributed by atoms with Crippen molar-refractivity contribution in [3.8, 4) is 0 Å². The van der Waals surface area contributed by atoms with Crippen LogP contribution in [0.1, 0.15) is 44.7 Å². The summed E-state index contributed by atoms with van der Waals surface area (Å²) in [6.07, 6.45) is 1.95. The van der Waals surface area contributed by atoms with Crippen LogP contribution in [0.3, 0.4) is 0 Å². The third kappa shape index (κ3) is 6.13. The number of hydrogen-bond donors (Lipinski definition) is 2. The van der Waals surface area contributed by atoms with E-state index < -0.39 is 0 Å². The number of aliphatic hydroxyl groups is 1. The van der Waals surface area contributed by atoms with Gasteiger partial charge in [-0.25, -0.2) is 4.79 Å². The molecule has 0 spiro atoms. The lowest BCUT2D eigenvalue weighted by Crippen LogP contribution is -2.45. The van der Waals surface area contributed by atoms with Crippen molar-refractivity contribution in [2.24, 2.45) is 5.92 Å². The van der Waals surface area contributed by atoms with Gasteiger partial charge in [0.15, 0.2) is 0 Å². The molecule has 0 aromatic heterocycles. The Kier molecular flexibility index (Phi) is 6.63. The normalized spacial score (nSPS) is 18.5. The van der Waals surface area contributed by atoms with Crippen LogP contribution >= 0.6 is 0 Å². The number of nitrogens with zero attached hydrogens (tertiary/aromatic N) is 1. The van der Waals surface area contributed by atoms with Gasteiger partial charge >= 0.3 is 6.03 Å². The molecule has 1 aromatic rings. The Morgan fingerprint density at radius 1 is 1.38 bits per heavy atom. The molecule has 0 saturated carbocycles. The molecule has 0 unspecified atom stereocenters. The van der Waals surface area contributed by atoms with Gasteiger partial charge in [0, 0.05) is 26.2 Å². The standard InChI is InChI=1S/C19H30N2O3/c1-19(2,3)24-14-16-7-4-6-15(10-16)11-20-18(23)21-9-5-8-17(12-21)13-22/h4,6-7,10,17,22H,5,8-9,11-14H2,1-3H3,(H,20,23)/t17-/m1/s1. The van der Waals surface area contributed by atoms with Crippen molar-refractivity contribution in [3.63, 3.8) is 0 Å². The van der Waals surface area contributed by atoms with Crippen LogP contribution in [-0.4, -0.2) is 41.3 Å². The molecule has 2 N–H and O–H groups in total. The zero-order valence-corrected chi connectivity index (χ0v) is 15.0. The molecule has 0 aliphatic carbocycles. The van der Waals surface area contributed by atoms with E-state index in [2.05, 4.69) is 11.4 Å². The van der Waals surface area contributed by atoms with Gasteiger partial charge in [-0.1, -0.05) is 24.3 Å². The lowest BCUT2D eigenvalue weighted by Gasteiger charge is -2.31. The van der Waals surface area contributed by atoms with E-state index in [1.807, 2.05) is 39.0 Å². The summed E-state index contributed by atoms with van der Waals surface area (Å²) in [6, 6.07) is 8.05. The lowest BCUT2D eigenvalue weighted by molar-refractivity contribution is -0.0149. The van der Waals surface area contributed by atoms with E-state index in [4.69, 9.17) is 4.74 Å². The predicted molar refractivity (Wildman–Crippen MR) is 94.6 cm³/mol. The SMILES string of the molecule is CC(C)(C)OCc1cccc(CNC(=O)N2CCC[C@@H](CO)C2)c1. The number of likely N-dealkylation sites (tertiary alicyclic amines) is 1. The molecule has 1 aromatic carbocycles. The molecule has 0 radical (unpaired) electrons. The van der Waals surface area contributed by atoms with Crippen LogP contribution < -0.4 is 5.32 Å². The minimum absolute atomic E-state index is 0.0514. The summed E-state index contributed by atoms with van der Waals surface area (Å²) in [5.41, 5.74) is 2.01. The minimum atomic E-state index is -0.165. The monoisotopic (exact) mass is 334 g/mol. The third-order valence-corrected chi connectivity index (χ3v) is 4.17. The topological polar surface area (TPSA) is 61.8 Å². The van der Waals surface area contributed by atoms with E-state index in [0.29, 0.717) is 19.7 Å². The molecule has 1 fully saturated rings. The van der Waals surface area contributed by atoms with Crippen molar-refractivity contribution in [3.05, 3.63) is 35.4 Å². The summed E-state index contributed by atoms with van der Waals surface area (Å²) in [6.45, 7) is 8.74. The summed E-state index contributed by atoms with van der Waals surface area (Å²) >= 11 is 0. The summed E-state index contributed by atoms with van der Waals surface area (Å²) < 4.78 is 5.80. The number of rotatable bonds is 5. The Labute approximate surface area is 145 Å². The highest BCUT2D eigenvalue weighted by Gasteiger charge is 2.22. The van der Waals surface area contributed by atoms with E-state index in [9.17, 15) is 9.90 Å². The first kappa shape index (κ1) is 18.7. The van der Waals surface area contributed by atoms with Gasteiger partial charge in [-0.3, -0.25) is 0 Å². The molecular formula is C19H30N2O3. The Bertz CT molecular complexity index is 540. The van der Waals surface area contributed by atoms with E-state index in [1.165, 1.54) is 0 Å². The fourth-order valence-electron chi connectivity index (χ4n) is 2.82. The third-order valence-electron chi connectivity index (χ3n) is 4.17. The number of carbonyl (C=O) groups is 1. The lowest BCUT2D eigenvalue weighted by atomic mass is 9.99. The van der Waals surface area contributed by atoms with Crippen LogP contribution in [0.25, 0.3) is 0 Å². The highest BCUT2D eigenvalue weighted by atomic mass is 16.5. The zero-order chi connectivity index (χ0) is 17.6. The van der Waals surface area contributed by atoms with E-state index in [0.717, 1.165) is 30.5 Å². The second kappa shape index (κ2) is 8.49. The quantitative estimate of drug-likeness (QED) is 0.870. The molecule has 0 bridgehead atoms. The maximum absolute atomic E-state index is 12.3. The van der Waals surface area contributed by atoms with Crippen LogP contribution in [0.2, 0.25) is 0 Å². The maximum Gasteiger partial charge on any atom is 0.317 e. The maximum atomic E-state index is 12.3. The largest absolute Gasteiger partial charge is 0.396 e. The highest BCUT2D eigenvalue weighted by Crippen LogP contribution is 2.16. The molecule has 1 heterocycles. The first-order valence-electron chi connectivity index (χ1n) is 8.73. The van der Waals surface area contributed by atoms with Gasteiger partial charge in [0.2, 0.25) is 0 Å². The Balaban J connectivity index is 1.84. The van der Waals surface area contributed by atoms with Crippen LogP contribution in [0.4, 0.5) is 4.79 Å². The first-order chi connectivity index (χ1) is 11.4. The van der Waals surface area contributed by atoms with Crippen molar-refractivity contribution in [1.82, 2.24) is 10.2 Å². The molecule has 5 heteroatoms. The number of ether oxygens (including phenoxy) is 1. The summed E-state index contributed by atoms with van der Waals surface area (Å²) in [5.74, 6) is 0.211. The van der Waals surface area contributed by atoms with Gasteiger partial charge in [-0.2, -0.15) is 0 Å². The number of benzene rings is 1. The summed E-state index contributed by atoms with van der Waals surface area (Å²) in [4.78, 5) is 14.1. The number of urea groups is 1. The van der Waals surface area contributed by atoms with Crippen molar-refractivity contribution in [2.45, 2.75) is 52.4 Å². The fraction of sp³-hybridized carbons (Fsp3) is 0.632. The zero-order valence-electron chi connectivity index (χ0n) is 15.0. The number of nitrogens with one attached hydrogen (secondary N) is 1. The molecule has 1 atom stereocenters. The molecule has 24 heavy (non-hydrogen) atoms. The molecule has 134 valence electrons. The predicted octanol–water partition coefficient (Wildman–Crippen LogP) is 2.92. The number of aliphatic hydroxyl groups excluding tert-OH is 1. The molecule has 5 nitrogen and oxygen atoms in total. The smallest absolute Gasteiger partial charge is 0.317 e. The Hall–Kier alpha value is -1.59. The van der Waals surface area contributed by atoms with Gasteiger partial charge in [-0.05, 0) is 50.7 Å². The number of hydrogen-bond acceptors (Lipinski definition) is 3. The second-order valence-electron chi connectivity index (χ2n) is 7.52. The van der Waals surface area contributed by atoms with Crippen molar-refractivity contribution >= 4 is 6.03 Å². The Morgan fingerprint density at radius 3 is 2.83 bits per heavy atom. The van der Waals surface area contributed by atoms with E-state index >= 15 is 0 Å². The van der Waals surface area contributed by atoms with Crippen LogP contribution in [-0.2, 0) is 17.9 Å². The Morgan fingerprint density at radius 2 is 2.12 bits per heavy atom. The van der Waals surface area contributed by atoms with Gasteiger partial charge in [0.25, 0.3) is 0 Å². The van der Waals surface area contributed by atoms with Gasteiger partial charge < -0.3 is 20.1 Å². The average molecular weight is 334 g/mol. The fourth-order valence-corrected chi connectivity index (χ4v) is 2.82. The van der Waals surface area contributed by atoms with Crippen molar-refractivity contribution in [2.75, 3.05) is 19.7 Å². The molecule has 1 aliphatic heterocycles. The molecule has 2 amide bonds. The van der Waals surface area contributed by atoms with E-state index in [-0.39, 0.29) is 24.2 Å². The van der Waals surface area contributed by atoms with Gasteiger partial charge in [0.05, 0.1) is 12.2 Å². The number of piperidine rings is 1. The van der Waals surface area contributed by atoms with Gasteiger partial charge in [-0.15, -0.1) is 0 Å². The van der Waals surface area contributed by atoms with E-state index in [1.54, 1.807) is 4.90 Å². The van der Waals surface area contributed by atoms with Crippen molar-refractivity contribution in [1.29, 1.82) is 0 Å². The molecule has 1 aliphatic rings. The van der Waals surface area contributed by atoms with Crippen molar-refractivity contribution < 1.29 is 14.6 Å².